The number of H-pyrrole nitrogens is 1. The zero-order valence-corrected chi connectivity index (χ0v) is 14.4. The number of nitrogens with one attached hydrogen (secondary N) is 2. The molecule has 1 aliphatic rings. The molecule has 2 aromatic carbocycles. The summed E-state index contributed by atoms with van der Waals surface area (Å²) in [7, 11) is 0. The largest absolute Gasteiger partial charge is 0.361 e. The Balaban J connectivity index is 1.33. The van der Waals surface area contributed by atoms with E-state index in [0.29, 0.717) is 13.1 Å². The highest BCUT2D eigenvalue weighted by Crippen LogP contribution is 2.25. The van der Waals surface area contributed by atoms with E-state index in [1.807, 2.05) is 54.7 Å². The van der Waals surface area contributed by atoms with Crippen LogP contribution >= 0.6 is 0 Å². The number of aromatic amines is 1. The molecule has 1 atom stereocenters. The molecule has 0 aliphatic carbocycles. The van der Waals surface area contributed by atoms with Crippen molar-refractivity contribution in [2.75, 3.05) is 18.0 Å². The van der Waals surface area contributed by atoms with E-state index in [9.17, 15) is 9.59 Å². The maximum Gasteiger partial charge on any atom is 0.227 e. The van der Waals surface area contributed by atoms with Crippen molar-refractivity contribution in [1.29, 1.82) is 0 Å². The highest BCUT2D eigenvalue weighted by Gasteiger charge is 2.34. The maximum atomic E-state index is 12.5. The number of nitrogens with zero attached hydrogens (tertiary/aromatic N) is 1. The fraction of sp³-hybridized carbons (Fsp3) is 0.238. The predicted molar refractivity (Wildman–Crippen MR) is 102 cm³/mol. The molecule has 5 heteroatoms. The van der Waals surface area contributed by atoms with Gasteiger partial charge in [0.25, 0.3) is 0 Å². The van der Waals surface area contributed by atoms with Crippen LogP contribution in [0.25, 0.3) is 10.9 Å². The molecular weight excluding hydrogens is 326 g/mol. The van der Waals surface area contributed by atoms with Crippen LogP contribution in [-0.2, 0) is 16.0 Å². The lowest BCUT2D eigenvalue weighted by Gasteiger charge is -2.16. The van der Waals surface area contributed by atoms with Gasteiger partial charge in [-0.25, -0.2) is 0 Å². The summed E-state index contributed by atoms with van der Waals surface area (Å²) in [5.41, 5.74) is 3.15. The highest BCUT2D eigenvalue weighted by atomic mass is 16.2. The van der Waals surface area contributed by atoms with E-state index < -0.39 is 0 Å². The van der Waals surface area contributed by atoms with Gasteiger partial charge in [0.15, 0.2) is 0 Å². The van der Waals surface area contributed by atoms with E-state index in [2.05, 4.69) is 16.4 Å². The van der Waals surface area contributed by atoms with Crippen LogP contribution in [0.15, 0.2) is 60.8 Å². The number of rotatable bonds is 5. The smallest absolute Gasteiger partial charge is 0.227 e. The second-order valence-electron chi connectivity index (χ2n) is 6.64. The van der Waals surface area contributed by atoms with Crippen LogP contribution in [0.5, 0.6) is 0 Å². The van der Waals surface area contributed by atoms with Crippen LogP contribution in [0.4, 0.5) is 5.69 Å². The van der Waals surface area contributed by atoms with Crippen LogP contribution < -0.4 is 10.2 Å². The summed E-state index contributed by atoms with van der Waals surface area (Å²) >= 11 is 0. The summed E-state index contributed by atoms with van der Waals surface area (Å²) < 4.78 is 0. The van der Waals surface area contributed by atoms with Crippen molar-refractivity contribution in [3.05, 3.63) is 66.4 Å². The summed E-state index contributed by atoms with van der Waals surface area (Å²) in [4.78, 5) is 29.6. The molecule has 0 saturated carbocycles. The highest BCUT2D eigenvalue weighted by molar-refractivity contribution is 6.00. The maximum absolute atomic E-state index is 12.5. The molecule has 0 bridgehead atoms. The third-order valence-electron chi connectivity index (χ3n) is 4.93. The standard InChI is InChI=1S/C21H21N3O2/c25-20-12-16(14-24(20)17-6-2-1-3-7-17)21(26)22-11-10-15-13-23-19-9-5-4-8-18(15)19/h1-9,13,16,23H,10-12,14H2,(H,22,26)/t16-/m1/s1. The van der Waals surface area contributed by atoms with E-state index in [0.717, 1.165) is 17.6 Å². The Kier molecular flexibility index (Phi) is 4.44. The summed E-state index contributed by atoms with van der Waals surface area (Å²) in [5.74, 6) is -0.324. The first-order valence-corrected chi connectivity index (χ1v) is 8.90. The first-order chi connectivity index (χ1) is 12.7. The normalized spacial score (nSPS) is 17.0. The minimum atomic E-state index is -0.286. The van der Waals surface area contributed by atoms with Crippen LogP contribution in [-0.4, -0.2) is 29.9 Å². The van der Waals surface area contributed by atoms with Crippen molar-refractivity contribution in [3.63, 3.8) is 0 Å². The molecule has 0 spiro atoms. The zero-order chi connectivity index (χ0) is 17.9. The molecule has 1 saturated heterocycles. The molecule has 2 amide bonds. The first kappa shape index (κ1) is 16.4. The van der Waals surface area contributed by atoms with Gasteiger partial charge in [-0.3, -0.25) is 9.59 Å². The molecule has 132 valence electrons. The van der Waals surface area contributed by atoms with Gasteiger partial charge < -0.3 is 15.2 Å². The van der Waals surface area contributed by atoms with Gasteiger partial charge in [-0.05, 0) is 30.2 Å². The Morgan fingerprint density at radius 3 is 2.73 bits per heavy atom. The second kappa shape index (κ2) is 7.04. The molecule has 2 heterocycles. The van der Waals surface area contributed by atoms with E-state index in [1.165, 1.54) is 10.9 Å². The number of fused-ring (bicyclic) bond motifs is 1. The lowest BCUT2D eigenvalue weighted by molar-refractivity contribution is -0.126. The molecule has 3 aromatic rings. The summed E-state index contributed by atoms with van der Waals surface area (Å²) in [6, 6.07) is 17.6. The van der Waals surface area contributed by atoms with Gasteiger partial charge in [-0.15, -0.1) is 0 Å². The molecule has 2 N–H and O–H groups in total. The third-order valence-corrected chi connectivity index (χ3v) is 4.93. The molecule has 5 nitrogen and oxygen atoms in total. The second-order valence-corrected chi connectivity index (χ2v) is 6.64. The summed E-state index contributed by atoms with van der Waals surface area (Å²) in [6.45, 7) is 1.01. The van der Waals surface area contributed by atoms with Gasteiger partial charge in [0.2, 0.25) is 11.8 Å². The van der Waals surface area contributed by atoms with Crippen LogP contribution in [0, 0.1) is 5.92 Å². The predicted octanol–water partition coefficient (Wildman–Crippen LogP) is 2.88. The van der Waals surface area contributed by atoms with Crippen molar-refractivity contribution < 1.29 is 9.59 Å². The quantitative estimate of drug-likeness (QED) is 0.745. The van der Waals surface area contributed by atoms with E-state index in [4.69, 9.17) is 0 Å². The van der Waals surface area contributed by atoms with Crippen molar-refractivity contribution in [3.8, 4) is 0 Å². The number of carbonyl (C=O) groups excluding carboxylic acids is 2. The Morgan fingerprint density at radius 1 is 1.12 bits per heavy atom. The fourth-order valence-electron chi connectivity index (χ4n) is 3.54. The van der Waals surface area contributed by atoms with Gasteiger partial charge in [-0.1, -0.05) is 36.4 Å². The Labute approximate surface area is 152 Å². The monoisotopic (exact) mass is 347 g/mol. The lowest BCUT2D eigenvalue weighted by atomic mass is 10.1. The topological polar surface area (TPSA) is 65.2 Å². The Morgan fingerprint density at radius 2 is 1.88 bits per heavy atom. The van der Waals surface area contributed by atoms with Crippen molar-refractivity contribution in [1.82, 2.24) is 10.3 Å². The van der Waals surface area contributed by atoms with Gasteiger partial charge >= 0.3 is 0 Å². The van der Waals surface area contributed by atoms with E-state index in [-0.39, 0.29) is 24.2 Å². The van der Waals surface area contributed by atoms with Crippen molar-refractivity contribution >= 4 is 28.4 Å². The van der Waals surface area contributed by atoms with Crippen molar-refractivity contribution in [2.24, 2.45) is 5.92 Å². The number of hydrogen-bond donors (Lipinski definition) is 2. The van der Waals surface area contributed by atoms with Gasteiger partial charge in [0.05, 0.1) is 5.92 Å². The summed E-state index contributed by atoms with van der Waals surface area (Å²) in [5, 5.41) is 4.18. The van der Waals surface area contributed by atoms with Gasteiger partial charge in [0, 0.05) is 42.3 Å². The molecule has 0 unspecified atom stereocenters. The SMILES string of the molecule is O=C(NCCc1c[nH]c2ccccc12)[C@@H]1CC(=O)N(c2ccccc2)C1. The Hall–Kier alpha value is -3.08. The lowest BCUT2D eigenvalue weighted by Crippen LogP contribution is -2.34. The number of benzene rings is 2. The van der Waals surface area contributed by atoms with E-state index in [1.54, 1.807) is 4.90 Å². The Bertz CT molecular complexity index is 933. The van der Waals surface area contributed by atoms with E-state index >= 15 is 0 Å². The third kappa shape index (κ3) is 3.20. The molecule has 1 aliphatic heterocycles. The molecule has 4 rings (SSSR count). The number of carbonyl (C=O) groups is 2. The molecule has 1 fully saturated rings. The molecular formula is C21H21N3O2. The number of para-hydroxylation sites is 2. The zero-order valence-electron chi connectivity index (χ0n) is 14.4. The molecule has 26 heavy (non-hydrogen) atoms. The van der Waals surface area contributed by atoms with Gasteiger partial charge in [0.1, 0.15) is 0 Å². The van der Waals surface area contributed by atoms with Crippen LogP contribution in [0.1, 0.15) is 12.0 Å². The van der Waals surface area contributed by atoms with Crippen LogP contribution in [0.2, 0.25) is 0 Å². The molecule has 1 aromatic heterocycles. The average Bonchev–Trinajstić information content (AvgIpc) is 3.26. The molecule has 0 radical (unpaired) electrons. The average molecular weight is 347 g/mol. The van der Waals surface area contributed by atoms with Gasteiger partial charge in [-0.2, -0.15) is 0 Å². The minimum absolute atomic E-state index is 0.00739. The summed E-state index contributed by atoms with van der Waals surface area (Å²) in [6.07, 6.45) is 3.03. The fourth-order valence-corrected chi connectivity index (χ4v) is 3.54. The van der Waals surface area contributed by atoms with Crippen molar-refractivity contribution in [2.45, 2.75) is 12.8 Å². The number of aromatic nitrogens is 1. The minimum Gasteiger partial charge on any atom is -0.361 e. The first-order valence-electron chi connectivity index (χ1n) is 8.90. The number of amides is 2. The number of hydrogen-bond acceptors (Lipinski definition) is 2. The number of anilines is 1. The van der Waals surface area contributed by atoms with Crippen LogP contribution in [0.3, 0.4) is 0 Å².